The zero-order valence-corrected chi connectivity index (χ0v) is 13.3. The van der Waals surface area contributed by atoms with Crippen LogP contribution in [-0.4, -0.2) is 69.3 Å². The van der Waals surface area contributed by atoms with Gasteiger partial charge in [-0.15, -0.1) is 0 Å². The molecule has 2 fully saturated rings. The van der Waals surface area contributed by atoms with Gasteiger partial charge in [0.05, 0.1) is 6.10 Å². The third kappa shape index (κ3) is 3.17. The molecule has 0 bridgehead atoms. The van der Waals surface area contributed by atoms with Gasteiger partial charge in [-0.1, -0.05) is 13.3 Å². The van der Waals surface area contributed by atoms with Gasteiger partial charge in [0.2, 0.25) is 0 Å². The Morgan fingerprint density at radius 3 is 2.77 bits per heavy atom. The van der Waals surface area contributed by atoms with E-state index in [1.807, 2.05) is 11.0 Å². The number of amides is 1. The number of nitrogens with one attached hydrogen (secondary N) is 1. The lowest BCUT2D eigenvalue weighted by atomic mass is 10.1. The molecule has 0 radical (unpaired) electrons. The van der Waals surface area contributed by atoms with Crippen LogP contribution in [0.4, 0.5) is 0 Å². The Labute approximate surface area is 131 Å². The van der Waals surface area contributed by atoms with Crippen LogP contribution in [0, 0.1) is 0 Å². The highest BCUT2D eigenvalue weighted by molar-refractivity contribution is 5.92. The van der Waals surface area contributed by atoms with Crippen LogP contribution in [0.15, 0.2) is 6.07 Å². The van der Waals surface area contributed by atoms with Gasteiger partial charge in [0.1, 0.15) is 5.69 Å². The van der Waals surface area contributed by atoms with Crippen molar-refractivity contribution in [2.45, 2.75) is 51.2 Å². The number of hydrogen-bond acceptors (Lipinski definition) is 4. The summed E-state index contributed by atoms with van der Waals surface area (Å²) in [5, 5.41) is 17.1. The first-order chi connectivity index (χ1) is 10.7. The van der Waals surface area contributed by atoms with Crippen molar-refractivity contribution in [3.8, 4) is 0 Å². The van der Waals surface area contributed by atoms with Crippen molar-refractivity contribution < 1.29 is 9.90 Å². The number of aliphatic hydroxyl groups excluding tert-OH is 1. The molecule has 3 rings (SSSR count). The average Bonchev–Trinajstić information content (AvgIpc) is 3.16. The van der Waals surface area contributed by atoms with E-state index in [1.165, 1.54) is 0 Å². The minimum atomic E-state index is -0.190. The standard InChI is InChI=1S/C16H26N4O2/c1-2-4-12-11-13(18-17-12)16(22)20-9-7-19(8-10-20)14-5-3-6-15(14)21/h11,14-15,21H,2-10H2,1H3,(H,17,18)/t14-,15-/m1/s1. The molecule has 1 aliphatic heterocycles. The number of carbonyl (C=O) groups is 1. The molecule has 22 heavy (non-hydrogen) atoms. The molecule has 2 aliphatic rings. The fraction of sp³-hybridized carbons (Fsp3) is 0.750. The second-order valence-electron chi connectivity index (χ2n) is 6.42. The number of H-pyrrole nitrogens is 1. The molecule has 2 heterocycles. The predicted molar refractivity (Wildman–Crippen MR) is 83.7 cm³/mol. The Morgan fingerprint density at radius 1 is 1.36 bits per heavy atom. The SMILES string of the molecule is CCCc1cc(C(=O)N2CCN([C@@H]3CCC[C@H]3O)CC2)n[nH]1. The first-order valence-corrected chi connectivity index (χ1v) is 8.44. The summed E-state index contributed by atoms with van der Waals surface area (Å²) < 4.78 is 0. The molecule has 1 aromatic heterocycles. The minimum absolute atomic E-state index is 0.0187. The van der Waals surface area contributed by atoms with Gasteiger partial charge >= 0.3 is 0 Å². The Kier molecular flexibility index (Phi) is 4.78. The van der Waals surface area contributed by atoms with Gasteiger partial charge in [-0.05, 0) is 31.7 Å². The fourth-order valence-electron chi connectivity index (χ4n) is 3.63. The van der Waals surface area contributed by atoms with Gasteiger partial charge in [0.25, 0.3) is 5.91 Å². The van der Waals surface area contributed by atoms with Crippen LogP contribution in [-0.2, 0) is 6.42 Å². The quantitative estimate of drug-likeness (QED) is 0.871. The van der Waals surface area contributed by atoms with Crippen LogP contribution in [0.5, 0.6) is 0 Å². The molecule has 6 nitrogen and oxygen atoms in total. The number of rotatable bonds is 4. The Hall–Kier alpha value is -1.40. The molecule has 0 spiro atoms. The van der Waals surface area contributed by atoms with Crippen LogP contribution in [0.25, 0.3) is 0 Å². The van der Waals surface area contributed by atoms with Crippen molar-refractivity contribution in [3.05, 3.63) is 17.5 Å². The third-order valence-electron chi connectivity index (χ3n) is 4.88. The number of hydrogen-bond donors (Lipinski definition) is 2. The van der Waals surface area contributed by atoms with Crippen molar-refractivity contribution >= 4 is 5.91 Å². The number of carbonyl (C=O) groups excluding carboxylic acids is 1. The van der Waals surface area contributed by atoms with Gasteiger partial charge in [-0.2, -0.15) is 5.10 Å². The molecule has 122 valence electrons. The second-order valence-corrected chi connectivity index (χ2v) is 6.42. The summed E-state index contributed by atoms with van der Waals surface area (Å²) in [4.78, 5) is 16.7. The Balaban J connectivity index is 1.55. The number of aromatic nitrogens is 2. The topological polar surface area (TPSA) is 72.5 Å². The molecule has 0 aromatic carbocycles. The molecule has 6 heteroatoms. The largest absolute Gasteiger partial charge is 0.391 e. The summed E-state index contributed by atoms with van der Waals surface area (Å²) >= 11 is 0. The minimum Gasteiger partial charge on any atom is -0.391 e. The van der Waals surface area contributed by atoms with Crippen LogP contribution in [0.3, 0.4) is 0 Å². The zero-order chi connectivity index (χ0) is 15.5. The van der Waals surface area contributed by atoms with Gasteiger partial charge in [-0.25, -0.2) is 0 Å². The summed E-state index contributed by atoms with van der Waals surface area (Å²) in [6.45, 7) is 5.24. The average molecular weight is 306 g/mol. The summed E-state index contributed by atoms with van der Waals surface area (Å²) in [6.07, 6.45) is 4.88. The summed E-state index contributed by atoms with van der Waals surface area (Å²) in [5.41, 5.74) is 1.55. The molecule has 1 amide bonds. The molecule has 2 N–H and O–H groups in total. The van der Waals surface area contributed by atoms with Crippen LogP contribution >= 0.6 is 0 Å². The maximum atomic E-state index is 12.5. The zero-order valence-electron chi connectivity index (χ0n) is 13.3. The van der Waals surface area contributed by atoms with Crippen molar-refractivity contribution in [1.29, 1.82) is 0 Å². The normalized spacial score (nSPS) is 26.5. The highest BCUT2D eigenvalue weighted by Crippen LogP contribution is 2.25. The van der Waals surface area contributed by atoms with Crippen molar-refractivity contribution in [2.24, 2.45) is 0 Å². The van der Waals surface area contributed by atoms with E-state index >= 15 is 0 Å². The van der Waals surface area contributed by atoms with E-state index in [9.17, 15) is 9.90 Å². The van der Waals surface area contributed by atoms with E-state index in [2.05, 4.69) is 22.0 Å². The van der Waals surface area contributed by atoms with E-state index in [0.29, 0.717) is 11.7 Å². The van der Waals surface area contributed by atoms with Crippen molar-refractivity contribution in [2.75, 3.05) is 26.2 Å². The van der Waals surface area contributed by atoms with Crippen molar-refractivity contribution in [1.82, 2.24) is 20.0 Å². The van der Waals surface area contributed by atoms with E-state index in [0.717, 1.165) is 64.0 Å². The number of piperazine rings is 1. The summed E-state index contributed by atoms with van der Waals surface area (Å²) in [5.74, 6) is 0.0187. The number of aliphatic hydroxyl groups is 1. The van der Waals surface area contributed by atoms with Crippen molar-refractivity contribution in [3.63, 3.8) is 0 Å². The summed E-state index contributed by atoms with van der Waals surface area (Å²) in [7, 11) is 0. The first-order valence-electron chi connectivity index (χ1n) is 8.44. The second kappa shape index (κ2) is 6.79. The highest BCUT2D eigenvalue weighted by Gasteiger charge is 2.33. The van der Waals surface area contributed by atoms with Gasteiger partial charge in [-0.3, -0.25) is 14.8 Å². The number of nitrogens with zero attached hydrogens (tertiary/aromatic N) is 3. The molecule has 1 aliphatic carbocycles. The molecule has 1 aromatic rings. The smallest absolute Gasteiger partial charge is 0.274 e. The number of aromatic amines is 1. The van der Waals surface area contributed by atoms with E-state index in [-0.39, 0.29) is 12.0 Å². The van der Waals surface area contributed by atoms with Gasteiger partial charge in [0, 0.05) is 37.9 Å². The lowest BCUT2D eigenvalue weighted by Crippen LogP contribution is -2.53. The van der Waals surface area contributed by atoms with E-state index < -0.39 is 0 Å². The first kappa shape index (κ1) is 15.5. The molecule has 2 atom stereocenters. The van der Waals surface area contributed by atoms with Crippen LogP contribution < -0.4 is 0 Å². The lowest BCUT2D eigenvalue weighted by Gasteiger charge is -2.38. The molecule has 1 saturated carbocycles. The predicted octanol–water partition coefficient (Wildman–Crippen LogP) is 1.03. The Morgan fingerprint density at radius 2 is 2.14 bits per heavy atom. The van der Waals surface area contributed by atoms with E-state index in [1.54, 1.807) is 0 Å². The maximum absolute atomic E-state index is 12.5. The number of aryl methyl sites for hydroxylation is 1. The Bertz CT molecular complexity index is 508. The highest BCUT2D eigenvalue weighted by atomic mass is 16.3. The lowest BCUT2D eigenvalue weighted by molar-refractivity contribution is 0.0313. The van der Waals surface area contributed by atoms with Gasteiger partial charge in [0.15, 0.2) is 0 Å². The maximum Gasteiger partial charge on any atom is 0.274 e. The van der Waals surface area contributed by atoms with Crippen LogP contribution in [0.1, 0.15) is 48.8 Å². The molecule has 0 unspecified atom stereocenters. The van der Waals surface area contributed by atoms with Crippen LogP contribution in [0.2, 0.25) is 0 Å². The fourth-order valence-corrected chi connectivity index (χ4v) is 3.63. The summed E-state index contributed by atoms with van der Waals surface area (Å²) in [6, 6.07) is 2.16. The molecular formula is C16H26N4O2. The monoisotopic (exact) mass is 306 g/mol. The molecule has 1 saturated heterocycles. The van der Waals surface area contributed by atoms with Gasteiger partial charge < -0.3 is 10.0 Å². The molecular weight excluding hydrogens is 280 g/mol. The van der Waals surface area contributed by atoms with E-state index in [4.69, 9.17) is 0 Å². The third-order valence-corrected chi connectivity index (χ3v) is 4.88.